The molecule has 2 aromatic rings. The highest BCUT2D eigenvalue weighted by Crippen LogP contribution is 2.22. The summed E-state index contributed by atoms with van der Waals surface area (Å²) in [6.07, 6.45) is 4.81. The third-order valence-electron chi connectivity index (χ3n) is 1.74. The Labute approximate surface area is 68.6 Å². The van der Waals surface area contributed by atoms with Crippen LogP contribution in [0, 0.1) is 11.3 Å². The van der Waals surface area contributed by atoms with Crippen LogP contribution in [0.3, 0.4) is 0 Å². The lowest BCUT2D eigenvalue weighted by molar-refractivity contribution is 1.32. The highest BCUT2D eigenvalue weighted by molar-refractivity contribution is 5.95. The highest BCUT2D eigenvalue weighted by atomic mass is 14.8. The van der Waals surface area contributed by atoms with Crippen LogP contribution < -0.4 is 5.73 Å². The van der Waals surface area contributed by atoms with Gasteiger partial charge in [0, 0.05) is 17.8 Å². The van der Waals surface area contributed by atoms with Crippen molar-refractivity contribution in [2.75, 3.05) is 5.73 Å². The van der Waals surface area contributed by atoms with Crippen molar-refractivity contribution in [3.63, 3.8) is 0 Å². The number of fused-ring (bicyclic) bond motifs is 1. The second-order valence-electron chi connectivity index (χ2n) is 2.47. The molecule has 0 spiro atoms. The van der Waals surface area contributed by atoms with Gasteiger partial charge in [-0.05, 0) is 0 Å². The first kappa shape index (κ1) is 6.68. The minimum atomic E-state index is 0.506. The van der Waals surface area contributed by atoms with Crippen LogP contribution in [0.1, 0.15) is 5.56 Å². The van der Waals surface area contributed by atoms with Gasteiger partial charge in [0.1, 0.15) is 6.07 Å². The summed E-state index contributed by atoms with van der Waals surface area (Å²) in [5.74, 6) is 0. The average molecular weight is 158 g/mol. The van der Waals surface area contributed by atoms with Crippen LogP contribution >= 0.6 is 0 Å². The lowest BCUT2D eigenvalue weighted by Gasteiger charge is -1.92. The van der Waals surface area contributed by atoms with Crippen LogP contribution in [0.2, 0.25) is 0 Å². The molecule has 3 N–H and O–H groups in total. The molecule has 12 heavy (non-hydrogen) atoms. The molecule has 0 unspecified atom stereocenters. The van der Waals surface area contributed by atoms with E-state index < -0.39 is 0 Å². The predicted octanol–water partition coefficient (Wildman–Crippen LogP) is 1.02. The Kier molecular flexibility index (Phi) is 1.25. The third kappa shape index (κ3) is 0.736. The molecule has 0 aliphatic carbocycles. The Morgan fingerprint density at radius 3 is 3.08 bits per heavy atom. The molecule has 0 saturated heterocycles. The fourth-order valence-electron chi connectivity index (χ4n) is 1.19. The average Bonchev–Trinajstić information content (AvgIpc) is 2.48. The second kappa shape index (κ2) is 2.24. The summed E-state index contributed by atoms with van der Waals surface area (Å²) in [4.78, 5) is 6.81. The Morgan fingerprint density at radius 1 is 1.50 bits per heavy atom. The van der Waals surface area contributed by atoms with Gasteiger partial charge in [-0.3, -0.25) is 4.98 Å². The van der Waals surface area contributed by atoms with Gasteiger partial charge in [0.25, 0.3) is 0 Å². The van der Waals surface area contributed by atoms with Crippen molar-refractivity contribution in [1.29, 1.82) is 5.26 Å². The van der Waals surface area contributed by atoms with E-state index in [0.29, 0.717) is 11.3 Å². The minimum Gasteiger partial charge on any atom is -0.397 e. The number of nitrogens with one attached hydrogen (secondary N) is 1. The summed E-state index contributed by atoms with van der Waals surface area (Å²) in [5, 5.41) is 9.48. The van der Waals surface area contributed by atoms with E-state index in [1.165, 1.54) is 6.20 Å². The third-order valence-corrected chi connectivity index (χ3v) is 1.74. The Morgan fingerprint density at radius 2 is 2.33 bits per heavy atom. The standard InChI is InChI=1S/C8H6N4/c9-1-5-2-11-4-7-8(5)6(10)3-12-7/h2-4,12H,10H2. The number of aromatic amines is 1. The summed E-state index contributed by atoms with van der Waals surface area (Å²) < 4.78 is 0. The first-order chi connectivity index (χ1) is 5.83. The predicted molar refractivity (Wildman–Crippen MR) is 45.2 cm³/mol. The van der Waals surface area contributed by atoms with Crippen molar-refractivity contribution in [2.24, 2.45) is 0 Å². The topological polar surface area (TPSA) is 78.5 Å². The lowest BCUT2D eigenvalue weighted by Crippen LogP contribution is -1.85. The Balaban J connectivity index is 2.96. The molecule has 4 heteroatoms. The van der Waals surface area contributed by atoms with E-state index >= 15 is 0 Å². The number of nitriles is 1. The molecule has 0 fully saturated rings. The van der Waals surface area contributed by atoms with Crippen LogP contribution in [-0.2, 0) is 0 Å². The van der Waals surface area contributed by atoms with Gasteiger partial charge in [0.15, 0.2) is 0 Å². The number of rotatable bonds is 0. The van der Waals surface area contributed by atoms with Crippen LogP contribution in [-0.4, -0.2) is 9.97 Å². The van der Waals surface area contributed by atoms with Crippen LogP contribution in [0.15, 0.2) is 18.6 Å². The van der Waals surface area contributed by atoms with E-state index in [4.69, 9.17) is 11.0 Å². The van der Waals surface area contributed by atoms with Crippen LogP contribution in [0.4, 0.5) is 5.69 Å². The summed E-state index contributed by atoms with van der Waals surface area (Å²) in [7, 11) is 0. The number of nitrogens with zero attached hydrogens (tertiary/aromatic N) is 2. The maximum Gasteiger partial charge on any atom is 0.102 e. The van der Waals surface area contributed by atoms with Crippen LogP contribution in [0.25, 0.3) is 10.9 Å². The van der Waals surface area contributed by atoms with Gasteiger partial charge in [0.2, 0.25) is 0 Å². The van der Waals surface area contributed by atoms with Gasteiger partial charge in [-0.2, -0.15) is 5.26 Å². The SMILES string of the molecule is N#Cc1cncc2[nH]cc(N)c12. The van der Waals surface area contributed by atoms with Crippen molar-refractivity contribution in [2.45, 2.75) is 0 Å². The number of nitrogens with two attached hydrogens (primary N) is 1. The van der Waals surface area contributed by atoms with E-state index in [9.17, 15) is 0 Å². The van der Waals surface area contributed by atoms with Gasteiger partial charge >= 0.3 is 0 Å². The minimum absolute atomic E-state index is 0.506. The van der Waals surface area contributed by atoms with Crippen molar-refractivity contribution in [3.8, 4) is 6.07 Å². The molecule has 2 aromatic heterocycles. The summed E-state index contributed by atoms with van der Waals surface area (Å²) in [6.45, 7) is 0. The quantitative estimate of drug-likeness (QED) is 0.600. The Bertz CT molecular complexity index is 463. The largest absolute Gasteiger partial charge is 0.397 e. The molecular formula is C8H6N4. The van der Waals surface area contributed by atoms with Crippen molar-refractivity contribution >= 4 is 16.6 Å². The molecule has 58 valence electrons. The van der Waals surface area contributed by atoms with Gasteiger partial charge in [-0.1, -0.05) is 0 Å². The molecule has 2 rings (SSSR count). The van der Waals surface area contributed by atoms with Gasteiger partial charge in [-0.15, -0.1) is 0 Å². The summed E-state index contributed by atoms with van der Waals surface area (Å²) in [5.41, 5.74) is 7.53. The van der Waals surface area contributed by atoms with E-state index in [1.54, 1.807) is 12.4 Å². The summed E-state index contributed by atoms with van der Waals surface area (Å²) >= 11 is 0. The molecule has 0 saturated carbocycles. The van der Waals surface area contributed by atoms with E-state index in [-0.39, 0.29) is 0 Å². The number of H-pyrrole nitrogens is 1. The van der Waals surface area contributed by atoms with Crippen LogP contribution in [0.5, 0.6) is 0 Å². The normalized spacial score (nSPS) is 9.92. The van der Waals surface area contributed by atoms with Crippen molar-refractivity contribution in [1.82, 2.24) is 9.97 Å². The smallest absolute Gasteiger partial charge is 0.102 e. The van der Waals surface area contributed by atoms with E-state index in [1.807, 2.05) is 6.07 Å². The molecule has 0 aliphatic heterocycles. The zero-order chi connectivity index (χ0) is 8.55. The molecule has 0 aromatic carbocycles. The Hall–Kier alpha value is -2.02. The maximum atomic E-state index is 8.72. The maximum absolute atomic E-state index is 8.72. The zero-order valence-corrected chi connectivity index (χ0v) is 6.20. The number of anilines is 1. The van der Waals surface area contributed by atoms with E-state index in [0.717, 1.165) is 10.9 Å². The fraction of sp³-hybridized carbons (Fsp3) is 0. The van der Waals surface area contributed by atoms with Gasteiger partial charge in [-0.25, -0.2) is 0 Å². The molecule has 0 radical (unpaired) electrons. The fourth-order valence-corrected chi connectivity index (χ4v) is 1.19. The van der Waals surface area contributed by atoms with Crippen molar-refractivity contribution < 1.29 is 0 Å². The van der Waals surface area contributed by atoms with Crippen molar-refractivity contribution in [3.05, 3.63) is 24.2 Å². The molecule has 0 atom stereocenters. The first-order valence-electron chi connectivity index (χ1n) is 3.43. The van der Waals surface area contributed by atoms with E-state index in [2.05, 4.69) is 9.97 Å². The molecular weight excluding hydrogens is 152 g/mol. The molecule has 0 aliphatic rings. The molecule has 0 bridgehead atoms. The molecule has 2 heterocycles. The van der Waals surface area contributed by atoms with Gasteiger partial charge in [0.05, 0.1) is 23.0 Å². The monoisotopic (exact) mass is 158 g/mol. The zero-order valence-electron chi connectivity index (χ0n) is 6.20. The second-order valence-corrected chi connectivity index (χ2v) is 2.47. The first-order valence-corrected chi connectivity index (χ1v) is 3.43. The summed E-state index contributed by atoms with van der Waals surface area (Å²) in [6, 6.07) is 2.03. The molecule has 0 amide bonds. The molecule has 4 nitrogen and oxygen atoms in total. The highest BCUT2D eigenvalue weighted by Gasteiger charge is 2.04. The number of nitrogen functional groups attached to an aromatic ring is 1. The number of hydrogen-bond donors (Lipinski definition) is 2. The van der Waals surface area contributed by atoms with Gasteiger partial charge < -0.3 is 10.7 Å². The lowest BCUT2D eigenvalue weighted by atomic mass is 10.2. The number of hydrogen-bond acceptors (Lipinski definition) is 3. The number of aromatic nitrogens is 2. The number of pyridine rings is 1.